The second kappa shape index (κ2) is 6.66. The minimum atomic E-state index is -3.77. The molecule has 0 aliphatic carbocycles. The van der Waals surface area contributed by atoms with Crippen molar-refractivity contribution in [2.75, 3.05) is 19.6 Å². The van der Waals surface area contributed by atoms with Gasteiger partial charge >= 0.3 is 0 Å². The molecule has 2 fully saturated rings. The Bertz CT molecular complexity index is 793. The molecule has 2 aliphatic heterocycles. The molecule has 0 spiro atoms. The Morgan fingerprint density at radius 3 is 2.60 bits per heavy atom. The number of benzene rings is 1. The molecular formula is C17H25N3O4S. The molecule has 8 heteroatoms. The van der Waals surface area contributed by atoms with Gasteiger partial charge in [-0.3, -0.25) is 15.0 Å². The van der Waals surface area contributed by atoms with Gasteiger partial charge in [-0.05, 0) is 51.3 Å². The van der Waals surface area contributed by atoms with E-state index in [0.717, 1.165) is 25.9 Å². The van der Waals surface area contributed by atoms with Crippen molar-refractivity contribution >= 4 is 15.7 Å². The summed E-state index contributed by atoms with van der Waals surface area (Å²) in [6.07, 6.45) is 3.29. The molecule has 25 heavy (non-hydrogen) atoms. The van der Waals surface area contributed by atoms with Crippen LogP contribution in [0.2, 0.25) is 0 Å². The topological polar surface area (TPSA) is 83.8 Å². The zero-order valence-electron chi connectivity index (χ0n) is 14.9. The minimum absolute atomic E-state index is 0.0651. The third-order valence-electron chi connectivity index (χ3n) is 5.53. The minimum Gasteiger partial charge on any atom is -0.297 e. The lowest BCUT2D eigenvalue weighted by Gasteiger charge is -2.46. The lowest BCUT2D eigenvalue weighted by Crippen LogP contribution is -2.59. The maximum absolute atomic E-state index is 13.3. The Hall–Kier alpha value is -1.51. The zero-order valence-corrected chi connectivity index (χ0v) is 15.8. The quantitative estimate of drug-likeness (QED) is 0.605. The average molecular weight is 367 g/mol. The van der Waals surface area contributed by atoms with E-state index in [4.69, 9.17) is 0 Å². The van der Waals surface area contributed by atoms with Gasteiger partial charge in [0, 0.05) is 37.3 Å². The van der Waals surface area contributed by atoms with E-state index in [0.29, 0.717) is 17.7 Å². The number of aryl methyl sites for hydroxylation is 1. The summed E-state index contributed by atoms with van der Waals surface area (Å²) in [5.74, 6) is 0. The molecular weight excluding hydrogens is 342 g/mol. The number of nitrogens with zero attached hydrogens (tertiary/aromatic N) is 3. The SMILES string of the molecule is Cc1cc([N+](=O)[O-])cc(S(=O)(=O)N2C[C@@H]3CCCCN3C[C@H]2C)c1C. The maximum Gasteiger partial charge on any atom is 0.271 e. The Kier molecular flexibility index (Phi) is 4.87. The fraction of sp³-hybridized carbons (Fsp3) is 0.647. The van der Waals surface area contributed by atoms with E-state index in [1.807, 2.05) is 6.92 Å². The molecule has 2 saturated heterocycles. The van der Waals surface area contributed by atoms with Crippen molar-refractivity contribution in [2.45, 2.75) is 57.0 Å². The number of fused-ring (bicyclic) bond motifs is 1. The number of sulfonamides is 1. The van der Waals surface area contributed by atoms with E-state index in [1.54, 1.807) is 18.2 Å². The molecule has 0 unspecified atom stereocenters. The lowest BCUT2D eigenvalue weighted by molar-refractivity contribution is -0.385. The van der Waals surface area contributed by atoms with Crippen LogP contribution in [0.25, 0.3) is 0 Å². The smallest absolute Gasteiger partial charge is 0.271 e. The van der Waals surface area contributed by atoms with Crippen LogP contribution in [0.3, 0.4) is 0 Å². The third kappa shape index (κ3) is 3.30. The van der Waals surface area contributed by atoms with Crippen LogP contribution in [0.5, 0.6) is 0 Å². The Morgan fingerprint density at radius 2 is 1.92 bits per heavy atom. The van der Waals surface area contributed by atoms with Crippen LogP contribution in [0, 0.1) is 24.0 Å². The van der Waals surface area contributed by atoms with Crippen molar-refractivity contribution in [1.82, 2.24) is 9.21 Å². The fourth-order valence-electron chi connectivity index (χ4n) is 3.97. The predicted octanol–water partition coefficient (Wildman–Crippen LogP) is 2.46. The number of nitro groups is 1. The maximum atomic E-state index is 13.3. The van der Waals surface area contributed by atoms with Gasteiger partial charge in [0.15, 0.2) is 0 Å². The van der Waals surface area contributed by atoms with Gasteiger partial charge in [-0.2, -0.15) is 4.31 Å². The van der Waals surface area contributed by atoms with Crippen LogP contribution in [-0.2, 0) is 10.0 Å². The van der Waals surface area contributed by atoms with E-state index in [2.05, 4.69) is 4.90 Å². The largest absolute Gasteiger partial charge is 0.297 e. The Balaban J connectivity index is 2.00. The molecule has 1 aromatic rings. The summed E-state index contributed by atoms with van der Waals surface area (Å²) in [6.45, 7) is 7.55. The highest BCUT2D eigenvalue weighted by molar-refractivity contribution is 7.89. The van der Waals surface area contributed by atoms with Crippen molar-refractivity contribution in [3.8, 4) is 0 Å². The second-order valence-electron chi connectivity index (χ2n) is 7.21. The van der Waals surface area contributed by atoms with Gasteiger partial charge < -0.3 is 0 Å². The first-order chi connectivity index (χ1) is 11.7. The van der Waals surface area contributed by atoms with Crippen molar-refractivity contribution < 1.29 is 13.3 Å². The molecule has 2 heterocycles. The molecule has 2 aliphatic rings. The average Bonchev–Trinajstić information content (AvgIpc) is 2.56. The normalized spacial score (nSPS) is 25.6. The van der Waals surface area contributed by atoms with Crippen molar-refractivity contribution in [3.05, 3.63) is 33.4 Å². The summed E-state index contributed by atoms with van der Waals surface area (Å²) in [5, 5.41) is 11.2. The molecule has 138 valence electrons. The summed E-state index contributed by atoms with van der Waals surface area (Å²) in [4.78, 5) is 13.1. The first kappa shape index (κ1) is 18.3. The number of piperidine rings is 1. The summed E-state index contributed by atoms with van der Waals surface area (Å²) in [5.41, 5.74) is 1.03. The molecule has 2 atom stereocenters. The highest BCUT2D eigenvalue weighted by atomic mass is 32.2. The number of hydrogen-bond donors (Lipinski definition) is 0. The number of rotatable bonds is 3. The van der Waals surface area contributed by atoms with Gasteiger partial charge in [0.25, 0.3) is 5.69 Å². The summed E-state index contributed by atoms with van der Waals surface area (Å²) in [6, 6.07) is 2.74. The van der Waals surface area contributed by atoms with Crippen LogP contribution in [-0.4, -0.2) is 54.3 Å². The molecule has 1 aromatic carbocycles. The molecule has 7 nitrogen and oxygen atoms in total. The van der Waals surface area contributed by atoms with E-state index in [-0.39, 0.29) is 22.7 Å². The standard InChI is InChI=1S/C17H25N3O4S/c1-12-8-16(20(21)22)9-17(14(12)3)25(23,24)19-11-15-6-4-5-7-18(15)10-13(19)2/h8-9,13,15H,4-7,10-11H2,1-3H3/t13-,15+/m1/s1. The molecule has 0 N–H and O–H groups in total. The second-order valence-corrected chi connectivity index (χ2v) is 9.07. The predicted molar refractivity (Wildman–Crippen MR) is 95.1 cm³/mol. The summed E-state index contributed by atoms with van der Waals surface area (Å²) >= 11 is 0. The van der Waals surface area contributed by atoms with E-state index in [1.165, 1.54) is 18.6 Å². The first-order valence-corrected chi connectivity index (χ1v) is 10.2. The van der Waals surface area contributed by atoms with Crippen LogP contribution in [0.15, 0.2) is 17.0 Å². The fourth-order valence-corrected chi connectivity index (χ4v) is 5.95. The van der Waals surface area contributed by atoms with Gasteiger partial charge in [0.2, 0.25) is 10.0 Å². The Morgan fingerprint density at radius 1 is 1.20 bits per heavy atom. The number of non-ortho nitro benzene ring substituents is 1. The zero-order chi connectivity index (χ0) is 18.4. The Labute approximate surface area is 148 Å². The molecule has 0 saturated carbocycles. The molecule has 3 rings (SSSR count). The molecule has 0 radical (unpaired) electrons. The number of piperazine rings is 1. The highest BCUT2D eigenvalue weighted by Crippen LogP contribution is 2.32. The van der Waals surface area contributed by atoms with Gasteiger partial charge in [-0.15, -0.1) is 0 Å². The van der Waals surface area contributed by atoms with Crippen molar-refractivity contribution in [3.63, 3.8) is 0 Å². The van der Waals surface area contributed by atoms with Crippen LogP contribution in [0.1, 0.15) is 37.3 Å². The molecule has 0 amide bonds. The van der Waals surface area contributed by atoms with Crippen molar-refractivity contribution in [1.29, 1.82) is 0 Å². The monoisotopic (exact) mass is 367 g/mol. The van der Waals surface area contributed by atoms with Crippen LogP contribution >= 0.6 is 0 Å². The third-order valence-corrected chi connectivity index (χ3v) is 7.64. The number of hydrogen-bond acceptors (Lipinski definition) is 5. The van der Waals surface area contributed by atoms with Crippen LogP contribution in [0.4, 0.5) is 5.69 Å². The lowest BCUT2D eigenvalue weighted by atomic mass is 9.99. The van der Waals surface area contributed by atoms with Gasteiger partial charge in [-0.25, -0.2) is 8.42 Å². The van der Waals surface area contributed by atoms with Gasteiger partial charge in [0.05, 0.1) is 9.82 Å². The van der Waals surface area contributed by atoms with E-state index in [9.17, 15) is 18.5 Å². The highest BCUT2D eigenvalue weighted by Gasteiger charge is 2.40. The first-order valence-electron chi connectivity index (χ1n) is 8.73. The number of nitro benzene ring substituents is 1. The van der Waals surface area contributed by atoms with Crippen LogP contribution < -0.4 is 0 Å². The molecule has 0 bridgehead atoms. The van der Waals surface area contributed by atoms with Gasteiger partial charge in [-0.1, -0.05) is 6.42 Å². The van der Waals surface area contributed by atoms with Crippen molar-refractivity contribution in [2.24, 2.45) is 0 Å². The summed E-state index contributed by atoms with van der Waals surface area (Å²) < 4.78 is 28.2. The summed E-state index contributed by atoms with van der Waals surface area (Å²) in [7, 11) is -3.77. The van der Waals surface area contributed by atoms with E-state index < -0.39 is 14.9 Å². The van der Waals surface area contributed by atoms with E-state index >= 15 is 0 Å². The molecule has 0 aromatic heterocycles. The van der Waals surface area contributed by atoms with Gasteiger partial charge in [0.1, 0.15) is 0 Å².